The van der Waals surface area contributed by atoms with Gasteiger partial charge in [-0.25, -0.2) is 4.79 Å². The molecule has 4 aromatic rings. The Morgan fingerprint density at radius 2 is 1.53 bits per heavy atom. The fourth-order valence-corrected chi connectivity index (χ4v) is 3.80. The van der Waals surface area contributed by atoms with Crippen LogP contribution in [0.4, 0.5) is 0 Å². The molecule has 6 heteroatoms. The van der Waals surface area contributed by atoms with E-state index in [0.717, 1.165) is 16.3 Å². The van der Waals surface area contributed by atoms with Crippen molar-refractivity contribution in [2.75, 3.05) is 13.7 Å². The minimum atomic E-state index is -0.549. The highest BCUT2D eigenvalue weighted by molar-refractivity contribution is 5.90. The van der Waals surface area contributed by atoms with Crippen molar-refractivity contribution in [3.63, 3.8) is 0 Å². The van der Waals surface area contributed by atoms with Gasteiger partial charge in [0.1, 0.15) is 17.2 Å². The summed E-state index contributed by atoms with van der Waals surface area (Å²) >= 11 is 0. The molecule has 4 aromatic carbocycles. The molecule has 0 aliphatic heterocycles. The van der Waals surface area contributed by atoms with E-state index in [1.807, 2.05) is 72.8 Å². The van der Waals surface area contributed by atoms with Crippen molar-refractivity contribution in [2.24, 2.45) is 0 Å². The molecule has 6 nitrogen and oxygen atoms in total. The number of methoxy groups -OCH3 is 1. The van der Waals surface area contributed by atoms with Gasteiger partial charge in [0, 0.05) is 12.5 Å². The number of hydrogen-bond acceptors (Lipinski definition) is 5. The van der Waals surface area contributed by atoms with E-state index in [4.69, 9.17) is 14.2 Å². The third-order valence-corrected chi connectivity index (χ3v) is 5.34. The number of hydrogen-bond donors (Lipinski definition) is 1. The lowest BCUT2D eigenvalue weighted by Crippen LogP contribution is -2.28. The van der Waals surface area contributed by atoms with E-state index in [1.165, 1.54) is 6.92 Å². The van der Waals surface area contributed by atoms with Crippen LogP contribution in [0, 0.1) is 0 Å². The van der Waals surface area contributed by atoms with Crippen LogP contribution < -0.4 is 19.5 Å². The summed E-state index contributed by atoms with van der Waals surface area (Å²) in [7, 11) is 1.60. The van der Waals surface area contributed by atoms with Gasteiger partial charge in [0.25, 0.3) is 0 Å². The molecule has 1 amide bonds. The Balaban J connectivity index is 1.72. The smallest absolute Gasteiger partial charge is 0.349 e. The summed E-state index contributed by atoms with van der Waals surface area (Å²) in [6, 6.07) is 27.3. The second-order valence-electron chi connectivity index (χ2n) is 7.68. The maximum atomic E-state index is 12.7. The van der Waals surface area contributed by atoms with Crippen LogP contribution in [0.15, 0.2) is 91.0 Å². The number of benzene rings is 4. The molecule has 0 unspecified atom stereocenters. The Morgan fingerprint density at radius 3 is 2.24 bits per heavy atom. The lowest BCUT2D eigenvalue weighted by molar-refractivity contribution is -0.136. The first kappa shape index (κ1) is 22.9. The second kappa shape index (κ2) is 10.5. The standard InChI is InChI=1S/C28H25NO5/c1-19(30)29-28(21-12-15-22(32-2)16-13-21)27-24-11-7-6-8-20(24)14-17-25(27)34-26(31)18-33-23-9-4-3-5-10-23/h3-17,28H,18H2,1-2H3,(H,29,30)/t28-/m0/s1. The van der Waals surface area contributed by atoms with Crippen molar-refractivity contribution in [1.82, 2.24) is 5.32 Å². The largest absolute Gasteiger partial charge is 0.497 e. The number of esters is 1. The number of rotatable bonds is 8. The molecule has 0 bridgehead atoms. The quantitative estimate of drug-likeness (QED) is 0.297. The van der Waals surface area contributed by atoms with Gasteiger partial charge in [-0.15, -0.1) is 0 Å². The molecule has 4 rings (SSSR count). The first-order valence-corrected chi connectivity index (χ1v) is 10.9. The van der Waals surface area contributed by atoms with Gasteiger partial charge in [0.05, 0.1) is 13.2 Å². The summed E-state index contributed by atoms with van der Waals surface area (Å²) in [5.74, 6) is 0.880. The number of amides is 1. The van der Waals surface area contributed by atoms with E-state index >= 15 is 0 Å². The van der Waals surface area contributed by atoms with Gasteiger partial charge in [-0.05, 0) is 46.7 Å². The molecule has 0 radical (unpaired) electrons. The zero-order valence-corrected chi connectivity index (χ0v) is 19.0. The monoisotopic (exact) mass is 455 g/mol. The predicted octanol–water partition coefficient (Wildman–Crippen LogP) is 5.06. The maximum absolute atomic E-state index is 12.7. The number of para-hydroxylation sites is 1. The number of fused-ring (bicyclic) bond motifs is 1. The molecule has 0 fully saturated rings. The molecule has 0 aliphatic carbocycles. The Morgan fingerprint density at radius 1 is 0.824 bits per heavy atom. The van der Waals surface area contributed by atoms with Crippen molar-refractivity contribution in [1.29, 1.82) is 0 Å². The Hall–Kier alpha value is -4.32. The average Bonchev–Trinajstić information content (AvgIpc) is 2.87. The zero-order valence-electron chi connectivity index (χ0n) is 19.0. The van der Waals surface area contributed by atoms with E-state index in [1.54, 1.807) is 25.3 Å². The van der Waals surface area contributed by atoms with E-state index < -0.39 is 12.0 Å². The molecule has 172 valence electrons. The molecular formula is C28H25NO5. The number of ether oxygens (including phenoxy) is 3. The highest BCUT2D eigenvalue weighted by Crippen LogP contribution is 2.37. The van der Waals surface area contributed by atoms with Crippen molar-refractivity contribution in [3.05, 3.63) is 102 Å². The summed E-state index contributed by atoms with van der Waals surface area (Å²) in [6.07, 6.45) is 0. The van der Waals surface area contributed by atoms with Crippen LogP contribution in [0.25, 0.3) is 10.8 Å². The molecule has 34 heavy (non-hydrogen) atoms. The summed E-state index contributed by atoms with van der Waals surface area (Å²) in [5, 5.41) is 4.84. The molecule has 0 spiro atoms. The molecule has 0 aliphatic rings. The van der Waals surface area contributed by atoms with Crippen LogP contribution in [-0.2, 0) is 9.59 Å². The molecule has 0 saturated carbocycles. The van der Waals surface area contributed by atoms with Crippen LogP contribution in [0.1, 0.15) is 24.1 Å². The van der Waals surface area contributed by atoms with E-state index in [2.05, 4.69) is 5.32 Å². The molecule has 1 atom stereocenters. The number of nitrogens with one attached hydrogen (secondary N) is 1. The number of carbonyl (C=O) groups excluding carboxylic acids is 2. The topological polar surface area (TPSA) is 73.9 Å². The second-order valence-corrected chi connectivity index (χ2v) is 7.68. The molecule has 0 heterocycles. The van der Waals surface area contributed by atoms with Gasteiger partial charge in [-0.1, -0.05) is 60.7 Å². The third-order valence-electron chi connectivity index (χ3n) is 5.34. The predicted molar refractivity (Wildman–Crippen MR) is 130 cm³/mol. The summed E-state index contributed by atoms with van der Waals surface area (Å²) < 4.78 is 16.6. The lowest BCUT2D eigenvalue weighted by atomic mass is 9.92. The normalized spacial score (nSPS) is 11.5. The highest BCUT2D eigenvalue weighted by atomic mass is 16.6. The fourth-order valence-electron chi connectivity index (χ4n) is 3.80. The number of carbonyl (C=O) groups is 2. The summed E-state index contributed by atoms with van der Waals surface area (Å²) in [5.41, 5.74) is 1.51. The summed E-state index contributed by atoms with van der Waals surface area (Å²) in [4.78, 5) is 24.9. The first-order chi connectivity index (χ1) is 16.5. The van der Waals surface area contributed by atoms with E-state index in [-0.39, 0.29) is 12.5 Å². The molecule has 0 saturated heterocycles. The van der Waals surface area contributed by atoms with Gasteiger partial charge in [-0.2, -0.15) is 0 Å². The minimum absolute atomic E-state index is 0.210. The highest BCUT2D eigenvalue weighted by Gasteiger charge is 2.24. The van der Waals surface area contributed by atoms with E-state index in [0.29, 0.717) is 22.8 Å². The van der Waals surface area contributed by atoms with Crippen molar-refractivity contribution in [2.45, 2.75) is 13.0 Å². The lowest BCUT2D eigenvalue weighted by Gasteiger charge is -2.23. The molecule has 1 N–H and O–H groups in total. The SMILES string of the molecule is COc1ccc([C@H](NC(C)=O)c2c(OC(=O)COc3ccccc3)ccc3ccccc23)cc1. The van der Waals surface area contributed by atoms with Crippen LogP contribution in [0.5, 0.6) is 17.2 Å². The summed E-state index contributed by atoms with van der Waals surface area (Å²) in [6.45, 7) is 1.21. The molecule has 0 aromatic heterocycles. The van der Waals surface area contributed by atoms with Crippen molar-refractivity contribution >= 4 is 22.6 Å². The van der Waals surface area contributed by atoms with Gasteiger partial charge in [-0.3, -0.25) is 4.79 Å². The van der Waals surface area contributed by atoms with Gasteiger partial charge >= 0.3 is 5.97 Å². The van der Waals surface area contributed by atoms with Crippen LogP contribution in [0.2, 0.25) is 0 Å². The van der Waals surface area contributed by atoms with Crippen LogP contribution in [-0.4, -0.2) is 25.6 Å². The van der Waals surface area contributed by atoms with Crippen LogP contribution >= 0.6 is 0 Å². The Bertz CT molecular complexity index is 1290. The van der Waals surface area contributed by atoms with Gasteiger partial charge in [0.15, 0.2) is 6.61 Å². The zero-order chi connectivity index (χ0) is 23.9. The van der Waals surface area contributed by atoms with Crippen LogP contribution in [0.3, 0.4) is 0 Å². The first-order valence-electron chi connectivity index (χ1n) is 10.9. The third kappa shape index (κ3) is 5.35. The average molecular weight is 456 g/mol. The van der Waals surface area contributed by atoms with Gasteiger partial charge < -0.3 is 19.5 Å². The molecular weight excluding hydrogens is 430 g/mol. The van der Waals surface area contributed by atoms with Gasteiger partial charge in [0.2, 0.25) is 5.91 Å². The Kier molecular flexibility index (Phi) is 7.08. The maximum Gasteiger partial charge on any atom is 0.349 e. The fraction of sp³-hybridized carbons (Fsp3) is 0.143. The van der Waals surface area contributed by atoms with Crippen molar-refractivity contribution in [3.8, 4) is 17.2 Å². The van der Waals surface area contributed by atoms with Crippen molar-refractivity contribution < 1.29 is 23.8 Å². The Labute approximate surface area is 198 Å². The van der Waals surface area contributed by atoms with E-state index in [9.17, 15) is 9.59 Å². The minimum Gasteiger partial charge on any atom is -0.497 e.